The highest BCUT2D eigenvalue weighted by Gasteiger charge is 2.09. The topological polar surface area (TPSA) is 0 Å². The Morgan fingerprint density at radius 2 is 0.893 bits per heavy atom. The molecular formula is C26H22S2. The number of rotatable bonds is 5. The first-order chi connectivity index (χ1) is 13.7. The average molecular weight is 399 g/mol. The Balaban J connectivity index is 1.59. The van der Waals surface area contributed by atoms with Gasteiger partial charge in [-0.25, -0.2) is 0 Å². The van der Waals surface area contributed by atoms with Gasteiger partial charge in [0.2, 0.25) is 0 Å². The van der Waals surface area contributed by atoms with Crippen molar-refractivity contribution in [2.45, 2.75) is 13.8 Å². The Kier molecular flexibility index (Phi) is 5.70. The molecule has 2 aromatic heterocycles. The van der Waals surface area contributed by atoms with Crippen LogP contribution < -0.4 is 0 Å². The minimum atomic E-state index is 1.23. The predicted octanol–water partition coefficient (Wildman–Crippen LogP) is 8.43. The normalized spacial score (nSPS) is 11.6. The van der Waals surface area contributed by atoms with Crippen LogP contribution in [0.3, 0.4) is 0 Å². The lowest BCUT2D eigenvalue weighted by molar-refractivity contribution is 1.46. The van der Waals surface area contributed by atoms with E-state index in [4.69, 9.17) is 0 Å². The van der Waals surface area contributed by atoms with Crippen LogP contribution in [0.25, 0.3) is 35.4 Å². The molecule has 0 aliphatic heterocycles. The van der Waals surface area contributed by atoms with Crippen molar-refractivity contribution in [3.8, 4) is 11.1 Å². The summed E-state index contributed by atoms with van der Waals surface area (Å²) in [6.45, 7) is 4.24. The zero-order valence-corrected chi connectivity index (χ0v) is 17.7. The van der Waals surface area contributed by atoms with Crippen LogP contribution in [0.2, 0.25) is 0 Å². The van der Waals surface area contributed by atoms with Gasteiger partial charge in [0, 0.05) is 20.9 Å². The summed E-state index contributed by atoms with van der Waals surface area (Å²) in [7, 11) is 0. The number of benzene rings is 2. The van der Waals surface area contributed by atoms with Gasteiger partial charge in [0.1, 0.15) is 0 Å². The van der Waals surface area contributed by atoms with E-state index in [-0.39, 0.29) is 0 Å². The molecule has 0 bridgehead atoms. The van der Waals surface area contributed by atoms with Crippen molar-refractivity contribution < 1.29 is 0 Å². The van der Waals surface area contributed by atoms with E-state index in [2.05, 4.69) is 110 Å². The Morgan fingerprint density at radius 1 is 0.500 bits per heavy atom. The summed E-state index contributed by atoms with van der Waals surface area (Å²) in [5, 5.41) is 4.35. The van der Waals surface area contributed by atoms with E-state index >= 15 is 0 Å². The van der Waals surface area contributed by atoms with Crippen molar-refractivity contribution in [1.29, 1.82) is 0 Å². The molecule has 0 nitrogen and oxygen atoms in total. The summed E-state index contributed by atoms with van der Waals surface area (Å²) >= 11 is 3.58. The number of aryl methyl sites for hydroxylation is 2. The summed E-state index contributed by atoms with van der Waals surface area (Å²) in [4.78, 5) is 2.59. The molecule has 0 amide bonds. The Bertz CT molecular complexity index is 1010. The second kappa shape index (κ2) is 8.55. The molecule has 0 saturated carbocycles. The van der Waals surface area contributed by atoms with Gasteiger partial charge in [0.15, 0.2) is 0 Å². The lowest BCUT2D eigenvalue weighted by Crippen LogP contribution is -1.78. The first kappa shape index (κ1) is 18.7. The van der Waals surface area contributed by atoms with E-state index in [0.717, 1.165) is 0 Å². The summed E-state index contributed by atoms with van der Waals surface area (Å²) in [5.74, 6) is 0. The van der Waals surface area contributed by atoms with Gasteiger partial charge < -0.3 is 0 Å². The lowest BCUT2D eigenvalue weighted by Gasteiger charge is -2.01. The number of hydrogen-bond acceptors (Lipinski definition) is 2. The smallest absolute Gasteiger partial charge is 0.0349 e. The largest absolute Gasteiger partial charge is 0.144 e. The quantitative estimate of drug-likeness (QED) is 0.316. The van der Waals surface area contributed by atoms with Crippen molar-refractivity contribution in [2.24, 2.45) is 0 Å². The maximum Gasteiger partial charge on any atom is 0.0349 e. The molecule has 0 unspecified atom stereocenters. The lowest BCUT2D eigenvalue weighted by atomic mass is 10.1. The molecule has 2 heterocycles. The molecule has 0 fully saturated rings. The third-order valence-electron chi connectivity index (χ3n) is 4.69. The highest BCUT2D eigenvalue weighted by Crippen LogP contribution is 2.36. The van der Waals surface area contributed by atoms with E-state index in [0.29, 0.717) is 0 Å². The first-order valence-corrected chi connectivity index (χ1v) is 11.1. The van der Waals surface area contributed by atoms with Gasteiger partial charge in [0.05, 0.1) is 0 Å². The summed E-state index contributed by atoms with van der Waals surface area (Å²) in [5.41, 5.74) is 7.65. The van der Waals surface area contributed by atoms with Crippen LogP contribution in [-0.2, 0) is 0 Å². The van der Waals surface area contributed by atoms with E-state index in [1.54, 1.807) is 22.7 Å². The standard InChI is InChI=1S/C26H22S2/c1-19-3-7-21(8-4-19)11-13-25-23(15-17-27-25)24-16-18-28-26(24)14-12-22-9-5-20(2)6-10-22/h3-18H,1-2H3. The minimum absolute atomic E-state index is 1.23. The van der Waals surface area contributed by atoms with Gasteiger partial charge in [-0.3, -0.25) is 0 Å². The molecule has 4 rings (SSSR count). The zero-order valence-electron chi connectivity index (χ0n) is 16.1. The second-order valence-corrected chi connectivity index (χ2v) is 8.78. The number of hydrogen-bond donors (Lipinski definition) is 0. The third-order valence-corrected chi connectivity index (χ3v) is 6.45. The van der Waals surface area contributed by atoms with Gasteiger partial charge in [0.25, 0.3) is 0 Å². The molecule has 4 aromatic rings. The molecule has 0 N–H and O–H groups in total. The third kappa shape index (κ3) is 4.41. The van der Waals surface area contributed by atoms with Crippen LogP contribution in [0.5, 0.6) is 0 Å². The SMILES string of the molecule is Cc1ccc(C=Cc2sccc2-c2ccsc2C=Cc2ccc(C)cc2)cc1. The van der Waals surface area contributed by atoms with Crippen molar-refractivity contribution in [2.75, 3.05) is 0 Å². The van der Waals surface area contributed by atoms with Crippen LogP contribution in [0.1, 0.15) is 32.0 Å². The molecular weight excluding hydrogens is 376 g/mol. The van der Waals surface area contributed by atoms with Crippen LogP contribution >= 0.6 is 22.7 Å². The Hall–Kier alpha value is -2.68. The fourth-order valence-electron chi connectivity index (χ4n) is 3.04. The van der Waals surface area contributed by atoms with Crippen LogP contribution in [-0.4, -0.2) is 0 Å². The molecule has 28 heavy (non-hydrogen) atoms. The van der Waals surface area contributed by atoms with Crippen molar-refractivity contribution in [1.82, 2.24) is 0 Å². The van der Waals surface area contributed by atoms with E-state index in [1.807, 2.05) is 0 Å². The monoisotopic (exact) mass is 398 g/mol. The molecule has 138 valence electrons. The maximum absolute atomic E-state index is 2.23. The molecule has 0 saturated heterocycles. The first-order valence-electron chi connectivity index (χ1n) is 9.34. The molecule has 2 aromatic carbocycles. The Morgan fingerprint density at radius 3 is 1.29 bits per heavy atom. The van der Waals surface area contributed by atoms with Gasteiger partial charge in [-0.2, -0.15) is 0 Å². The molecule has 0 radical (unpaired) electrons. The average Bonchev–Trinajstić information content (AvgIpc) is 3.36. The molecule has 0 spiro atoms. The fourth-order valence-corrected chi connectivity index (χ4v) is 4.65. The van der Waals surface area contributed by atoms with Crippen LogP contribution in [0, 0.1) is 13.8 Å². The van der Waals surface area contributed by atoms with Crippen LogP contribution in [0.4, 0.5) is 0 Å². The Labute approximate surface area is 175 Å². The fraction of sp³-hybridized carbons (Fsp3) is 0.0769. The van der Waals surface area contributed by atoms with Crippen molar-refractivity contribution in [3.05, 3.63) is 103 Å². The molecule has 0 aliphatic rings. The van der Waals surface area contributed by atoms with E-state index < -0.39 is 0 Å². The van der Waals surface area contributed by atoms with Crippen LogP contribution in [0.15, 0.2) is 71.4 Å². The van der Waals surface area contributed by atoms with Gasteiger partial charge >= 0.3 is 0 Å². The summed E-state index contributed by atoms with van der Waals surface area (Å²) < 4.78 is 0. The number of thiophene rings is 2. The maximum atomic E-state index is 2.23. The summed E-state index contributed by atoms with van der Waals surface area (Å²) in [6.07, 6.45) is 8.86. The van der Waals surface area contributed by atoms with Gasteiger partial charge in [-0.05, 0) is 60.0 Å². The van der Waals surface area contributed by atoms with E-state index in [1.165, 1.54) is 43.1 Å². The van der Waals surface area contributed by atoms with Gasteiger partial charge in [-0.15, -0.1) is 22.7 Å². The molecule has 0 aliphatic carbocycles. The predicted molar refractivity (Wildman–Crippen MR) is 128 cm³/mol. The summed E-state index contributed by atoms with van der Waals surface area (Å²) in [6, 6.07) is 21.7. The molecule has 0 atom stereocenters. The second-order valence-electron chi connectivity index (χ2n) is 6.89. The highest BCUT2D eigenvalue weighted by molar-refractivity contribution is 7.12. The minimum Gasteiger partial charge on any atom is -0.144 e. The van der Waals surface area contributed by atoms with Gasteiger partial charge in [-0.1, -0.05) is 71.8 Å². The molecule has 2 heteroatoms. The highest BCUT2D eigenvalue weighted by atomic mass is 32.1. The van der Waals surface area contributed by atoms with Crippen molar-refractivity contribution >= 4 is 47.0 Å². The van der Waals surface area contributed by atoms with Crippen molar-refractivity contribution in [3.63, 3.8) is 0 Å². The zero-order chi connectivity index (χ0) is 19.3. The van der Waals surface area contributed by atoms with E-state index in [9.17, 15) is 0 Å².